The molecule has 3 rings (SSSR count). The largest absolute Gasteiger partial charge is 0.497 e. The second-order valence-corrected chi connectivity index (χ2v) is 6.31. The third-order valence-electron chi connectivity index (χ3n) is 3.92. The zero-order valence-corrected chi connectivity index (χ0v) is 15.1. The number of ether oxygens (including phenoxy) is 1. The van der Waals surface area contributed by atoms with E-state index in [4.69, 9.17) is 27.9 Å². The summed E-state index contributed by atoms with van der Waals surface area (Å²) in [6.45, 7) is 0. The van der Waals surface area contributed by atoms with Crippen molar-refractivity contribution < 1.29 is 27.5 Å². The lowest BCUT2D eigenvalue weighted by atomic mass is 10.1. The molecule has 140 valence electrons. The van der Waals surface area contributed by atoms with Crippen LogP contribution in [0, 0.1) is 0 Å². The average Bonchev–Trinajstić information content (AvgIpc) is 2.84. The Morgan fingerprint density at radius 2 is 1.59 bits per heavy atom. The van der Waals surface area contributed by atoms with Gasteiger partial charge < -0.3 is 4.74 Å². The number of hydrogen-bond acceptors (Lipinski definition) is 3. The SMILES string of the molecule is COc1ccc(C2=C(Cl)C(=O)N(c3ccc(Cl)c(C(F)(F)F)c3)C2=O)cc1. The third kappa shape index (κ3) is 3.40. The summed E-state index contributed by atoms with van der Waals surface area (Å²) in [5, 5.41) is -0.923. The maximum absolute atomic E-state index is 13.1. The third-order valence-corrected chi connectivity index (χ3v) is 4.60. The average molecular weight is 416 g/mol. The molecule has 1 heterocycles. The predicted molar refractivity (Wildman–Crippen MR) is 94.7 cm³/mol. The number of carbonyl (C=O) groups excluding carboxylic acids is 2. The van der Waals surface area contributed by atoms with Crippen LogP contribution in [0.2, 0.25) is 5.02 Å². The van der Waals surface area contributed by atoms with Crippen molar-refractivity contribution in [3.05, 3.63) is 63.6 Å². The minimum Gasteiger partial charge on any atom is -0.497 e. The first-order valence-electron chi connectivity index (χ1n) is 7.45. The predicted octanol–water partition coefficient (Wildman–Crippen LogP) is 4.89. The van der Waals surface area contributed by atoms with Gasteiger partial charge in [0.2, 0.25) is 0 Å². The van der Waals surface area contributed by atoms with Crippen LogP contribution in [0.25, 0.3) is 5.57 Å². The van der Waals surface area contributed by atoms with E-state index in [2.05, 4.69) is 0 Å². The van der Waals surface area contributed by atoms with Crippen molar-refractivity contribution in [3.63, 3.8) is 0 Å². The molecule has 0 fully saturated rings. The van der Waals surface area contributed by atoms with Crippen LogP contribution < -0.4 is 9.64 Å². The molecule has 27 heavy (non-hydrogen) atoms. The Bertz CT molecular complexity index is 969. The van der Waals surface area contributed by atoms with Crippen molar-refractivity contribution in [2.45, 2.75) is 6.18 Å². The maximum atomic E-state index is 13.1. The normalized spacial score (nSPS) is 15.0. The van der Waals surface area contributed by atoms with Gasteiger partial charge >= 0.3 is 6.18 Å². The number of alkyl halides is 3. The number of halogens is 5. The van der Waals surface area contributed by atoms with Gasteiger partial charge in [0.25, 0.3) is 11.8 Å². The maximum Gasteiger partial charge on any atom is 0.417 e. The van der Waals surface area contributed by atoms with Crippen molar-refractivity contribution in [3.8, 4) is 5.75 Å². The van der Waals surface area contributed by atoms with Crippen LogP contribution in [0.1, 0.15) is 11.1 Å². The smallest absolute Gasteiger partial charge is 0.417 e. The molecule has 0 unspecified atom stereocenters. The van der Waals surface area contributed by atoms with Gasteiger partial charge in [0.15, 0.2) is 0 Å². The summed E-state index contributed by atoms with van der Waals surface area (Å²) in [6, 6.07) is 8.93. The molecule has 0 atom stereocenters. The molecule has 0 radical (unpaired) electrons. The minimum absolute atomic E-state index is 0.104. The monoisotopic (exact) mass is 415 g/mol. The summed E-state index contributed by atoms with van der Waals surface area (Å²) < 4.78 is 44.3. The molecule has 0 saturated heterocycles. The van der Waals surface area contributed by atoms with Crippen LogP contribution in [0.4, 0.5) is 18.9 Å². The molecule has 0 aliphatic carbocycles. The number of methoxy groups -OCH3 is 1. The Labute approximate surface area is 161 Å². The molecular weight excluding hydrogens is 406 g/mol. The van der Waals surface area contributed by atoms with Crippen molar-refractivity contribution >= 4 is 46.3 Å². The molecule has 1 aliphatic rings. The fourth-order valence-electron chi connectivity index (χ4n) is 2.61. The highest BCUT2D eigenvalue weighted by Gasteiger charge is 2.41. The molecule has 0 N–H and O–H groups in total. The lowest BCUT2D eigenvalue weighted by Gasteiger charge is -2.17. The Balaban J connectivity index is 2.03. The molecule has 0 bridgehead atoms. The molecule has 0 saturated carbocycles. The van der Waals surface area contributed by atoms with E-state index in [1.807, 2.05) is 0 Å². The fourth-order valence-corrected chi connectivity index (χ4v) is 3.11. The number of imide groups is 1. The van der Waals surface area contributed by atoms with Gasteiger partial charge in [0.1, 0.15) is 10.8 Å². The second kappa shape index (κ2) is 6.90. The first-order valence-corrected chi connectivity index (χ1v) is 8.20. The van der Waals surface area contributed by atoms with Gasteiger partial charge in [0, 0.05) is 0 Å². The number of benzene rings is 2. The first kappa shape index (κ1) is 19.3. The van der Waals surface area contributed by atoms with Crippen molar-refractivity contribution in [2.75, 3.05) is 12.0 Å². The number of amides is 2. The highest BCUT2D eigenvalue weighted by atomic mass is 35.5. The Kier molecular flexibility index (Phi) is 4.92. The van der Waals surface area contributed by atoms with Crippen LogP contribution >= 0.6 is 23.2 Å². The van der Waals surface area contributed by atoms with Gasteiger partial charge in [-0.1, -0.05) is 35.3 Å². The summed E-state index contributed by atoms with van der Waals surface area (Å²) in [6.07, 6.45) is -4.74. The van der Waals surface area contributed by atoms with E-state index in [1.54, 1.807) is 12.1 Å². The standard InChI is InChI=1S/C18H10Cl2F3NO3/c1-27-11-5-2-9(3-6-11)14-15(20)17(26)24(16(14)25)10-4-7-13(19)12(8-10)18(21,22)23/h2-8H,1H3. The van der Waals surface area contributed by atoms with Crippen LogP contribution in [0.3, 0.4) is 0 Å². The van der Waals surface area contributed by atoms with E-state index < -0.39 is 28.6 Å². The van der Waals surface area contributed by atoms with E-state index in [1.165, 1.54) is 19.2 Å². The molecule has 2 aromatic rings. The van der Waals surface area contributed by atoms with Gasteiger partial charge in [-0.25, -0.2) is 4.90 Å². The summed E-state index contributed by atoms with van der Waals surface area (Å²) >= 11 is 11.6. The molecule has 1 aliphatic heterocycles. The van der Waals surface area contributed by atoms with Gasteiger partial charge in [0.05, 0.1) is 29.0 Å². The molecule has 2 aromatic carbocycles. The zero-order valence-electron chi connectivity index (χ0n) is 13.6. The van der Waals surface area contributed by atoms with Crippen LogP contribution in [-0.2, 0) is 15.8 Å². The highest BCUT2D eigenvalue weighted by molar-refractivity contribution is 6.60. The fraction of sp³-hybridized carbons (Fsp3) is 0.111. The summed E-state index contributed by atoms with van der Waals surface area (Å²) in [5.74, 6) is -1.22. The van der Waals surface area contributed by atoms with Gasteiger partial charge in [-0.05, 0) is 35.9 Å². The molecular formula is C18H10Cl2F3NO3. The highest BCUT2D eigenvalue weighted by Crippen LogP contribution is 2.40. The van der Waals surface area contributed by atoms with Crippen molar-refractivity contribution in [1.82, 2.24) is 0 Å². The number of rotatable bonds is 3. The zero-order chi connectivity index (χ0) is 19.9. The summed E-state index contributed by atoms with van der Waals surface area (Å²) in [5.41, 5.74) is -1.20. The Hall–Kier alpha value is -2.51. The second-order valence-electron chi connectivity index (χ2n) is 5.53. The lowest BCUT2D eigenvalue weighted by molar-refractivity contribution is -0.137. The molecule has 0 aromatic heterocycles. The van der Waals surface area contributed by atoms with Crippen LogP contribution in [0.5, 0.6) is 5.75 Å². The van der Waals surface area contributed by atoms with E-state index in [0.29, 0.717) is 22.3 Å². The van der Waals surface area contributed by atoms with Crippen LogP contribution in [-0.4, -0.2) is 18.9 Å². The number of anilines is 1. The van der Waals surface area contributed by atoms with Gasteiger partial charge in [-0.3, -0.25) is 9.59 Å². The van der Waals surface area contributed by atoms with E-state index in [9.17, 15) is 22.8 Å². The minimum atomic E-state index is -4.74. The summed E-state index contributed by atoms with van der Waals surface area (Å²) in [7, 11) is 1.46. The molecule has 2 amide bonds. The Morgan fingerprint density at radius 1 is 0.963 bits per heavy atom. The summed E-state index contributed by atoms with van der Waals surface area (Å²) in [4.78, 5) is 25.8. The topological polar surface area (TPSA) is 46.6 Å². The van der Waals surface area contributed by atoms with Gasteiger partial charge in [-0.2, -0.15) is 13.2 Å². The molecule has 0 spiro atoms. The molecule has 4 nitrogen and oxygen atoms in total. The number of hydrogen-bond donors (Lipinski definition) is 0. The van der Waals surface area contributed by atoms with Crippen molar-refractivity contribution in [1.29, 1.82) is 0 Å². The van der Waals surface area contributed by atoms with E-state index in [0.717, 1.165) is 12.1 Å². The van der Waals surface area contributed by atoms with E-state index >= 15 is 0 Å². The quantitative estimate of drug-likeness (QED) is 0.670. The lowest BCUT2D eigenvalue weighted by Crippen LogP contribution is -2.31. The number of nitrogens with zero attached hydrogens (tertiary/aromatic N) is 1. The first-order chi connectivity index (χ1) is 12.6. The number of carbonyl (C=O) groups is 2. The van der Waals surface area contributed by atoms with Crippen molar-refractivity contribution in [2.24, 2.45) is 0 Å². The Morgan fingerprint density at radius 3 is 2.15 bits per heavy atom. The molecule has 9 heteroatoms. The van der Waals surface area contributed by atoms with E-state index in [-0.39, 0.29) is 16.3 Å². The van der Waals surface area contributed by atoms with Gasteiger partial charge in [-0.15, -0.1) is 0 Å². The van der Waals surface area contributed by atoms with Crippen LogP contribution in [0.15, 0.2) is 47.5 Å².